The first-order chi connectivity index (χ1) is 10.4. The monoisotopic (exact) mass is 308 g/mol. The van der Waals surface area contributed by atoms with Crippen LogP contribution < -0.4 is 11.1 Å². The van der Waals surface area contributed by atoms with Crippen molar-refractivity contribution in [2.75, 3.05) is 5.32 Å². The van der Waals surface area contributed by atoms with Crippen LogP contribution in [0.2, 0.25) is 0 Å². The second kappa shape index (κ2) is 6.59. The summed E-state index contributed by atoms with van der Waals surface area (Å²) in [6.07, 6.45) is 4.16. The van der Waals surface area contributed by atoms with Gasteiger partial charge in [-0.05, 0) is 19.8 Å². The predicted molar refractivity (Wildman–Crippen MR) is 78.1 cm³/mol. The van der Waals surface area contributed by atoms with E-state index in [9.17, 15) is 19.5 Å². The van der Waals surface area contributed by atoms with Gasteiger partial charge in [-0.25, -0.2) is 0 Å². The average molecular weight is 308 g/mol. The fourth-order valence-corrected chi connectivity index (χ4v) is 2.82. The van der Waals surface area contributed by atoms with Gasteiger partial charge in [-0.3, -0.25) is 19.1 Å². The highest BCUT2D eigenvalue weighted by Crippen LogP contribution is 2.31. The van der Waals surface area contributed by atoms with Gasteiger partial charge in [0.1, 0.15) is 0 Å². The minimum Gasteiger partial charge on any atom is -0.481 e. The van der Waals surface area contributed by atoms with E-state index in [2.05, 4.69) is 10.4 Å². The van der Waals surface area contributed by atoms with Crippen molar-refractivity contribution in [3.05, 3.63) is 11.9 Å². The number of carbonyl (C=O) groups is 3. The van der Waals surface area contributed by atoms with Crippen LogP contribution in [0.1, 0.15) is 43.1 Å². The summed E-state index contributed by atoms with van der Waals surface area (Å²) >= 11 is 0. The molecule has 1 aliphatic carbocycles. The largest absolute Gasteiger partial charge is 0.481 e. The van der Waals surface area contributed by atoms with Gasteiger partial charge in [0, 0.05) is 12.7 Å². The first-order valence-electron chi connectivity index (χ1n) is 7.35. The van der Waals surface area contributed by atoms with E-state index in [0.717, 1.165) is 12.8 Å². The highest BCUT2D eigenvalue weighted by molar-refractivity contribution is 6.02. The highest BCUT2D eigenvalue weighted by atomic mass is 16.4. The molecule has 0 bridgehead atoms. The van der Waals surface area contributed by atoms with Gasteiger partial charge in [-0.2, -0.15) is 5.10 Å². The molecule has 0 radical (unpaired) electrons. The summed E-state index contributed by atoms with van der Waals surface area (Å²) in [4.78, 5) is 35.1. The number of carboxylic acids is 1. The lowest BCUT2D eigenvalue weighted by Gasteiger charge is -2.27. The first kappa shape index (κ1) is 16.0. The molecular formula is C14H20N4O4. The molecule has 1 fully saturated rings. The summed E-state index contributed by atoms with van der Waals surface area (Å²) in [6.45, 7) is 2.36. The first-order valence-corrected chi connectivity index (χ1v) is 7.35. The minimum absolute atomic E-state index is 0.0158. The van der Waals surface area contributed by atoms with Crippen molar-refractivity contribution in [2.24, 2.45) is 17.6 Å². The van der Waals surface area contributed by atoms with E-state index in [1.165, 1.54) is 10.9 Å². The van der Waals surface area contributed by atoms with Crippen molar-refractivity contribution < 1.29 is 19.5 Å². The number of carbonyl (C=O) groups excluding carboxylic acids is 2. The molecule has 1 aliphatic rings. The van der Waals surface area contributed by atoms with Crippen molar-refractivity contribution >= 4 is 23.5 Å². The smallest absolute Gasteiger partial charge is 0.307 e. The van der Waals surface area contributed by atoms with Crippen LogP contribution in [0.15, 0.2) is 6.20 Å². The van der Waals surface area contributed by atoms with E-state index in [1.54, 1.807) is 0 Å². The third-order valence-electron chi connectivity index (χ3n) is 4.00. The van der Waals surface area contributed by atoms with Crippen molar-refractivity contribution in [1.82, 2.24) is 9.78 Å². The van der Waals surface area contributed by atoms with Gasteiger partial charge in [0.25, 0.3) is 5.91 Å². The Morgan fingerprint density at radius 2 is 2.00 bits per heavy atom. The molecule has 0 saturated heterocycles. The van der Waals surface area contributed by atoms with Gasteiger partial charge in [0.15, 0.2) is 5.69 Å². The van der Waals surface area contributed by atoms with Crippen molar-refractivity contribution in [3.63, 3.8) is 0 Å². The van der Waals surface area contributed by atoms with Gasteiger partial charge in [0.05, 0.1) is 17.5 Å². The fourth-order valence-electron chi connectivity index (χ4n) is 2.82. The zero-order chi connectivity index (χ0) is 16.3. The molecule has 0 aromatic carbocycles. The molecular weight excluding hydrogens is 288 g/mol. The molecule has 1 aromatic rings. The van der Waals surface area contributed by atoms with Gasteiger partial charge in [-0.15, -0.1) is 0 Å². The number of aromatic nitrogens is 2. The molecule has 0 aliphatic heterocycles. The Morgan fingerprint density at radius 1 is 1.36 bits per heavy atom. The molecule has 2 amide bonds. The van der Waals surface area contributed by atoms with Crippen LogP contribution in [-0.2, 0) is 16.1 Å². The number of rotatable bonds is 5. The SMILES string of the molecule is CCn1cc(NC(=O)[C@@H]2CCCC[C@@H]2C(=O)O)c(C(N)=O)n1. The molecule has 2 atom stereocenters. The highest BCUT2D eigenvalue weighted by Gasteiger charge is 2.36. The Morgan fingerprint density at radius 3 is 2.55 bits per heavy atom. The maximum atomic E-state index is 12.4. The minimum atomic E-state index is -0.959. The maximum absolute atomic E-state index is 12.4. The summed E-state index contributed by atoms with van der Waals surface area (Å²) in [7, 11) is 0. The fraction of sp³-hybridized carbons (Fsp3) is 0.571. The standard InChI is InChI=1S/C14H20N4O4/c1-2-18-7-10(11(17-18)12(15)19)16-13(20)8-5-3-4-6-9(8)14(21)22/h7-9H,2-6H2,1H3,(H2,15,19)(H,16,20)(H,21,22)/t8-,9+/m1/s1. The summed E-state index contributed by atoms with van der Waals surface area (Å²) in [5, 5.41) is 15.8. The van der Waals surface area contributed by atoms with Crippen LogP contribution in [0.25, 0.3) is 0 Å². The number of hydrogen-bond donors (Lipinski definition) is 3. The number of hydrogen-bond acceptors (Lipinski definition) is 4. The topological polar surface area (TPSA) is 127 Å². The van der Waals surface area contributed by atoms with Crippen molar-refractivity contribution in [1.29, 1.82) is 0 Å². The quantitative estimate of drug-likeness (QED) is 0.742. The third-order valence-corrected chi connectivity index (χ3v) is 4.00. The number of nitrogens with one attached hydrogen (secondary N) is 1. The molecule has 0 unspecified atom stereocenters. The lowest BCUT2D eigenvalue weighted by molar-refractivity contribution is -0.147. The third kappa shape index (κ3) is 3.26. The number of nitrogens with two attached hydrogens (primary N) is 1. The second-order valence-electron chi connectivity index (χ2n) is 5.44. The normalized spacial score (nSPS) is 21.3. The Hall–Kier alpha value is -2.38. The number of aryl methyl sites for hydroxylation is 1. The molecule has 8 heteroatoms. The number of primary amides is 1. The zero-order valence-electron chi connectivity index (χ0n) is 12.4. The number of anilines is 1. The van der Waals surface area contributed by atoms with Crippen molar-refractivity contribution in [3.8, 4) is 0 Å². The van der Waals surface area contributed by atoms with E-state index in [4.69, 9.17) is 5.73 Å². The molecule has 120 valence electrons. The predicted octanol–water partition coefficient (Wildman–Crippen LogP) is 0.831. The second-order valence-corrected chi connectivity index (χ2v) is 5.44. The number of carboxylic acid groups (broad SMARTS) is 1. The zero-order valence-corrected chi connectivity index (χ0v) is 12.4. The van der Waals surface area contributed by atoms with Gasteiger partial charge >= 0.3 is 5.97 Å². The Balaban J connectivity index is 2.19. The number of aliphatic carboxylic acids is 1. The molecule has 0 spiro atoms. The molecule has 2 rings (SSSR count). The van der Waals surface area contributed by atoms with Crippen LogP contribution in [0, 0.1) is 11.8 Å². The summed E-state index contributed by atoms with van der Waals surface area (Å²) in [5.41, 5.74) is 5.47. The molecule has 22 heavy (non-hydrogen) atoms. The van der Waals surface area contributed by atoms with Crippen LogP contribution >= 0.6 is 0 Å². The van der Waals surface area contributed by atoms with Gasteiger partial charge < -0.3 is 16.2 Å². The molecule has 1 saturated carbocycles. The van der Waals surface area contributed by atoms with Crippen LogP contribution in [0.4, 0.5) is 5.69 Å². The molecule has 1 aromatic heterocycles. The van der Waals surface area contributed by atoms with E-state index in [1.807, 2.05) is 6.92 Å². The van der Waals surface area contributed by atoms with E-state index < -0.39 is 29.6 Å². The summed E-state index contributed by atoms with van der Waals surface area (Å²) in [5.74, 6) is -3.38. The lowest BCUT2D eigenvalue weighted by Crippen LogP contribution is -2.36. The van der Waals surface area contributed by atoms with Crippen molar-refractivity contribution in [2.45, 2.75) is 39.2 Å². The van der Waals surface area contributed by atoms with Crippen LogP contribution in [0.5, 0.6) is 0 Å². The Bertz CT molecular complexity index is 596. The Labute approximate surface area is 127 Å². The maximum Gasteiger partial charge on any atom is 0.307 e. The Kier molecular flexibility index (Phi) is 4.79. The van der Waals surface area contributed by atoms with E-state index in [0.29, 0.717) is 19.4 Å². The number of nitrogens with zero attached hydrogens (tertiary/aromatic N) is 2. The van der Waals surface area contributed by atoms with E-state index in [-0.39, 0.29) is 11.4 Å². The van der Waals surface area contributed by atoms with E-state index >= 15 is 0 Å². The summed E-state index contributed by atoms with van der Waals surface area (Å²) < 4.78 is 1.49. The molecule has 4 N–H and O–H groups in total. The average Bonchev–Trinajstić information content (AvgIpc) is 2.90. The summed E-state index contributed by atoms with van der Waals surface area (Å²) in [6, 6.07) is 0. The van der Waals surface area contributed by atoms with Gasteiger partial charge in [-0.1, -0.05) is 12.8 Å². The molecule has 1 heterocycles. The van der Waals surface area contributed by atoms with Crippen LogP contribution in [0.3, 0.4) is 0 Å². The molecule has 8 nitrogen and oxygen atoms in total. The lowest BCUT2D eigenvalue weighted by atomic mass is 9.78. The van der Waals surface area contributed by atoms with Crippen LogP contribution in [-0.4, -0.2) is 32.7 Å². The number of amides is 2. The van der Waals surface area contributed by atoms with Gasteiger partial charge in [0.2, 0.25) is 5.91 Å².